The molecule has 1 aliphatic rings. The molecule has 1 aromatic rings. The molecule has 20 heavy (non-hydrogen) atoms. The Morgan fingerprint density at radius 3 is 2.70 bits per heavy atom. The van der Waals surface area contributed by atoms with Crippen molar-refractivity contribution in [1.29, 1.82) is 0 Å². The zero-order valence-corrected chi connectivity index (χ0v) is 13.9. The molecule has 1 fully saturated rings. The van der Waals surface area contributed by atoms with E-state index in [-0.39, 0.29) is 5.82 Å². The molecule has 0 heterocycles. The van der Waals surface area contributed by atoms with Gasteiger partial charge in [-0.2, -0.15) is 0 Å². The number of aliphatic hydroxyl groups is 1. The maximum Gasteiger partial charge on any atom is 0.138 e. The summed E-state index contributed by atoms with van der Waals surface area (Å²) in [5.41, 5.74) is 6.26. The molecular formula is C15H22FIN2O. The van der Waals surface area contributed by atoms with Crippen molar-refractivity contribution in [3.8, 4) is 0 Å². The average Bonchev–Trinajstić information content (AvgIpc) is 2.42. The molecule has 0 atom stereocenters. The van der Waals surface area contributed by atoms with Gasteiger partial charge in [0.15, 0.2) is 0 Å². The van der Waals surface area contributed by atoms with E-state index in [1.54, 1.807) is 6.07 Å². The zero-order valence-electron chi connectivity index (χ0n) is 11.8. The van der Waals surface area contributed by atoms with Crippen molar-refractivity contribution < 1.29 is 9.50 Å². The van der Waals surface area contributed by atoms with Crippen LogP contribution < -0.4 is 11.1 Å². The molecule has 0 unspecified atom stereocenters. The van der Waals surface area contributed by atoms with E-state index in [1.807, 2.05) is 22.6 Å². The predicted molar refractivity (Wildman–Crippen MR) is 89.2 cm³/mol. The molecule has 4 N–H and O–H groups in total. The quantitative estimate of drug-likeness (QED) is 0.540. The summed E-state index contributed by atoms with van der Waals surface area (Å²) in [6, 6.07) is 3.01. The van der Waals surface area contributed by atoms with Crippen molar-refractivity contribution in [3.63, 3.8) is 0 Å². The number of nitrogen functional groups attached to an aromatic ring is 1. The first-order valence-corrected chi connectivity index (χ1v) is 8.22. The van der Waals surface area contributed by atoms with Crippen molar-refractivity contribution in [2.24, 2.45) is 5.92 Å². The highest BCUT2D eigenvalue weighted by Crippen LogP contribution is 2.34. The van der Waals surface area contributed by atoms with Gasteiger partial charge in [-0.05, 0) is 60.3 Å². The summed E-state index contributed by atoms with van der Waals surface area (Å²) in [6.07, 6.45) is 4.89. The van der Waals surface area contributed by atoms with E-state index in [0.717, 1.165) is 31.6 Å². The summed E-state index contributed by atoms with van der Waals surface area (Å²) in [5, 5.41) is 13.7. The van der Waals surface area contributed by atoms with Gasteiger partial charge in [-0.1, -0.05) is 13.3 Å². The fourth-order valence-corrected chi connectivity index (χ4v) is 3.27. The molecule has 1 aromatic carbocycles. The van der Waals surface area contributed by atoms with Crippen LogP contribution >= 0.6 is 22.6 Å². The van der Waals surface area contributed by atoms with Crippen LogP contribution in [0, 0.1) is 15.3 Å². The number of nitrogens with two attached hydrogens (primary N) is 1. The second-order valence-corrected chi connectivity index (χ2v) is 6.95. The minimum Gasteiger partial charge on any atom is -0.397 e. The third kappa shape index (κ3) is 3.75. The van der Waals surface area contributed by atoms with Gasteiger partial charge in [-0.15, -0.1) is 0 Å². The summed E-state index contributed by atoms with van der Waals surface area (Å²) in [5.74, 6) is 0.445. The van der Waals surface area contributed by atoms with Crippen LogP contribution in [0.25, 0.3) is 0 Å². The molecule has 1 aliphatic carbocycles. The Labute approximate surface area is 133 Å². The Bertz CT molecular complexity index is 473. The molecule has 2 rings (SSSR count). The summed E-state index contributed by atoms with van der Waals surface area (Å²) < 4.78 is 14.1. The van der Waals surface area contributed by atoms with Crippen molar-refractivity contribution in [2.45, 2.75) is 44.6 Å². The van der Waals surface area contributed by atoms with Crippen LogP contribution in [0.5, 0.6) is 0 Å². The van der Waals surface area contributed by atoms with Crippen LogP contribution in [0.3, 0.4) is 0 Å². The molecule has 0 aliphatic heterocycles. The molecule has 3 nitrogen and oxygen atoms in total. The maximum atomic E-state index is 13.6. The lowest BCUT2D eigenvalue weighted by Gasteiger charge is -2.36. The first-order chi connectivity index (χ1) is 9.43. The lowest BCUT2D eigenvalue weighted by molar-refractivity contribution is 0.00230. The summed E-state index contributed by atoms with van der Waals surface area (Å²) >= 11 is 1.92. The Morgan fingerprint density at radius 1 is 1.45 bits per heavy atom. The summed E-state index contributed by atoms with van der Waals surface area (Å²) in [7, 11) is 0. The third-order valence-corrected chi connectivity index (χ3v) is 5.14. The number of halogens is 2. The van der Waals surface area contributed by atoms with Gasteiger partial charge in [-0.25, -0.2) is 4.39 Å². The molecule has 0 amide bonds. The molecule has 0 aromatic heterocycles. The maximum absolute atomic E-state index is 13.6. The van der Waals surface area contributed by atoms with Gasteiger partial charge in [0, 0.05) is 12.6 Å². The molecule has 0 bridgehead atoms. The fourth-order valence-electron chi connectivity index (χ4n) is 2.78. The van der Waals surface area contributed by atoms with Gasteiger partial charge < -0.3 is 16.2 Å². The van der Waals surface area contributed by atoms with E-state index in [2.05, 4.69) is 12.2 Å². The summed E-state index contributed by atoms with van der Waals surface area (Å²) in [6.45, 7) is 2.62. The van der Waals surface area contributed by atoms with Crippen molar-refractivity contribution in [2.75, 3.05) is 17.6 Å². The van der Waals surface area contributed by atoms with E-state index in [0.29, 0.717) is 21.5 Å². The average molecular weight is 392 g/mol. The Balaban J connectivity index is 1.97. The predicted octanol–water partition coefficient (Wildman–Crippen LogP) is 3.76. The second-order valence-electron chi connectivity index (χ2n) is 5.78. The van der Waals surface area contributed by atoms with Gasteiger partial charge in [-0.3, -0.25) is 0 Å². The Hall–Kier alpha value is -0.560. The molecule has 0 radical (unpaired) electrons. The fraction of sp³-hybridized carbons (Fsp3) is 0.600. The smallest absolute Gasteiger partial charge is 0.138 e. The van der Waals surface area contributed by atoms with Gasteiger partial charge in [0.2, 0.25) is 0 Å². The molecule has 112 valence electrons. The molecule has 5 heteroatoms. The van der Waals surface area contributed by atoms with E-state index >= 15 is 0 Å². The number of hydrogen-bond acceptors (Lipinski definition) is 3. The third-order valence-electron chi connectivity index (χ3n) is 4.31. The van der Waals surface area contributed by atoms with Crippen LogP contribution in [0.1, 0.15) is 39.0 Å². The Morgan fingerprint density at radius 2 is 2.10 bits per heavy atom. The van der Waals surface area contributed by atoms with E-state index < -0.39 is 5.60 Å². The monoisotopic (exact) mass is 392 g/mol. The summed E-state index contributed by atoms with van der Waals surface area (Å²) in [4.78, 5) is 0. The van der Waals surface area contributed by atoms with Crippen LogP contribution in [0.15, 0.2) is 12.1 Å². The number of rotatable bonds is 4. The van der Waals surface area contributed by atoms with E-state index in [1.165, 1.54) is 12.5 Å². The highest BCUT2D eigenvalue weighted by molar-refractivity contribution is 14.1. The molecular weight excluding hydrogens is 370 g/mol. The second kappa shape index (κ2) is 6.47. The van der Waals surface area contributed by atoms with Gasteiger partial charge >= 0.3 is 0 Å². The number of nitrogens with one attached hydrogen (secondary N) is 1. The van der Waals surface area contributed by atoms with Gasteiger partial charge in [0.1, 0.15) is 5.82 Å². The number of hydrogen-bond donors (Lipinski definition) is 3. The number of anilines is 2. The van der Waals surface area contributed by atoms with Gasteiger partial charge in [0.05, 0.1) is 20.5 Å². The largest absolute Gasteiger partial charge is 0.397 e. The minimum absolute atomic E-state index is 0.288. The SMILES string of the molecule is CCC1CCC(O)(CNc2cc(F)c(I)cc2N)CC1. The number of benzene rings is 1. The van der Waals surface area contributed by atoms with Crippen molar-refractivity contribution in [3.05, 3.63) is 21.5 Å². The first kappa shape index (κ1) is 15.8. The van der Waals surface area contributed by atoms with Gasteiger partial charge in [0.25, 0.3) is 0 Å². The molecule has 1 saturated carbocycles. The Kier molecular flexibility index (Phi) is 5.12. The van der Waals surface area contributed by atoms with E-state index in [9.17, 15) is 9.50 Å². The van der Waals surface area contributed by atoms with Crippen molar-refractivity contribution in [1.82, 2.24) is 0 Å². The van der Waals surface area contributed by atoms with Crippen LogP contribution in [0.4, 0.5) is 15.8 Å². The highest BCUT2D eigenvalue weighted by Gasteiger charge is 2.32. The molecule has 0 spiro atoms. The lowest BCUT2D eigenvalue weighted by Crippen LogP contribution is -2.40. The van der Waals surface area contributed by atoms with Crippen molar-refractivity contribution >= 4 is 34.0 Å². The van der Waals surface area contributed by atoms with E-state index in [4.69, 9.17) is 5.73 Å². The standard InChI is InChI=1S/C15H22FIN2O/c1-2-10-3-5-15(20,6-4-10)9-19-14-7-11(16)12(17)8-13(14)18/h7-8,10,19-20H,2-6,9,18H2,1H3. The zero-order chi connectivity index (χ0) is 14.8. The van der Waals surface area contributed by atoms with Crippen LogP contribution in [-0.4, -0.2) is 17.3 Å². The minimum atomic E-state index is -0.697. The molecule has 0 saturated heterocycles. The van der Waals surface area contributed by atoms with Crippen LogP contribution in [0.2, 0.25) is 0 Å². The normalized spacial score (nSPS) is 26.5. The topological polar surface area (TPSA) is 58.3 Å². The highest BCUT2D eigenvalue weighted by atomic mass is 127. The lowest BCUT2D eigenvalue weighted by atomic mass is 9.78. The van der Waals surface area contributed by atoms with Crippen LogP contribution in [-0.2, 0) is 0 Å². The first-order valence-electron chi connectivity index (χ1n) is 7.14.